The Bertz CT molecular complexity index is 2570. The summed E-state index contributed by atoms with van der Waals surface area (Å²) in [5.41, 5.74) is 11.5. The van der Waals surface area contributed by atoms with Crippen molar-refractivity contribution in [1.29, 1.82) is 0 Å². The van der Waals surface area contributed by atoms with Gasteiger partial charge in [-0.1, -0.05) is 0 Å². The average molecular weight is 672 g/mol. The summed E-state index contributed by atoms with van der Waals surface area (Å²) in [6, 6.07) is 63.0. The molecular formula is C44H29GeN3. The molecule has 0 aliphatic carbocycles. The number of benzene rings is 8. The summed E-state index contributed by atoms with van der Waals surface area (Å²) < 4.78 is 4.63. The molecule has 0 amide bonds. The van der Waals surface area contributed by atoms with Crippen LogP contribution >= 0.6 is 0 Å². The molecule has 0 fully saturated rings. The molecule has 8 aromatic carbocycles. The fourth-order valence-electron chi connectivity index (χ4n) is 8.67. The molecule has 224 valence electrons. The second-order valence-electron chi connectivity index (χ2n) is 12.9. The van der Waals surface area contributed by atoms with Gasteiger partial charge in [-0.2, -0.15) is 0 Å². The van der Waals surface area contributed by atoms with E-state index in [4.69, 9.17) is 0 Å². The van der Waals surface area contributed by atoms with Crippen molar-refractivity contribution in [2.45, 2.75) is 0 Å². The third-order valence-corrected chi connectivity index (χ3v) is 17.8. The van der Waals surface area contributed by atoms with E-state index in [1.165, 1.54) is 72.7 Å². The molecule has 48 heavy (non-hydrogen) atoms. The van der Waals surface area contributed by atoms with Crippen LogP contribution in [0.5, 0.6) is 0 Å². The number of para-hydroxylation sites is 3. The minimum absolute atomic E-state index is 1.19. The Hall–Kier alpha value is -5.78. The molecule has 4 heteroatoms. The molecule has 0 radical (unpaired) electrons. The van der Waals surface area contributed by atoms with E-state index in [-0.39, 0.29) is 0 Å². The van der Waals surface area contributed by atoms with Crippen LogP contribution in [-0.2, 0) is 0 Å². The van der Waals surface area contributed by atoms with Gasteiger partial charge in [0.1, 0.15) is 0 Å². The summed E-state index contributed by atoms with van der Waals surface area (Å²) in [4.78, 5) is 7.67. The van der Waals surface area contributed by atoms with Gasteiger partial charge in [0.25, 0.3) is 0 Å². The molecule has 1 unspecified atom stereocenters. The SMILES string of the molecule is c1ccc(N2c3cccc4[c]3[GeH]3[c]5c2cccc5N(c2ccccc2)c2[c]3c(cc3c2ccc2ccccc23)N4c2ccccc2)cc1. The molecule has 8 aromatic rings. The summed E-state index contributed by atoms with van der Waals surface area (Å²) in [5.74, 6) is 0. The third-order valence-electron chi connectivity index (χ3n) is 10.5. The van der Waals surface area contributed by atoms with Crippen LogP contribution in [0.25, 0.3) is 21.5 Å². The van der Waals surface area contributed by atoms with Gasteiger partial charge in [-0.05, 0) is 0 Å². The normalized spacial score (nSPS) is 15.2. The van der Waals surface area contributed by atoms with Crippen LogP contribution < -0.4 is 27.9 Å². The average Bonchev–Trinajstić information content (AvgIpc) is 3.16. The van der Waals surface area contributed by atoms with E-state index in [0.29, 0.717) is 0 Å². The maximum atomic E-state index is 2.59. The zero-order valence-electron chi connectivity index (χ0n) is 26.1. The van der Waals surface area contributed by atoms with E-state index >= 15 is 0 Å². The molecule has 0 aromatic heterocycles. The van der Waals surface area contributed by atoms with Gasteiger partial charge in [0, 0.05) is 0 Å². The first kappa shape index (κ1) is 26.3. The zero-order chi connectivity index (χ0) is 31.3. The van der Waals surface area contributed by atoms with E-state index in [1.807, 2.05) is 0 Å². The Labute approximate surface area is 283 Å². The topological polar surface area (TPSA) is 9.72 Å². The summed E-state index contributed by atoms with van der Waals surface area (Å²) in [6.45, 7) is 0. The van der Waals surface area contributed by atoms with Crippen molar-refractivity contribution >= 4 is 100 Å². The fourth-order valence-corrected chi connectivity index (χ4v) is 17.1. The Kier molecular flexibility index (Phi) is 5.41. The first-order valence-corrected chi connectivity index (χ1v) is 20.3. The number of rotatable bonds is 3. The van der Waals surface area contributed by atoms with Gasteiger partial charge in [0.15, 0.2) is 0 Å². The quantitative estimate of drug-likeness (QED) is 0.137. The van der Waals surface area contributed by atoms with Crippen molar-refractivity contribution in [1.82, 2.24) is 0 Å². The molecular weight excluding hydrogens is 643 g/mol. The summed E-state index contributed by atoms with van der Waals surface area (Å²) in [5, 5.41) is 5.18. The Morgan fingerprint density at radius 1 is 0.312 bits per heavy atom. The summed E-state index contributed by atoms with van der Waals surface area (Å²) in [7, 11) is 0. The number of nitrogens with zero attached hydrogens (tertiary/aromatic N) is 3. The van der Waals surface area contributed by atoms with Crippen LogP contribution in [-0.4, -0.2) is 14.3 Å². The Morgan fingerprint density at radius 2 is 0.792 bits per heavy atom. The number of fused-ring (bicyclic) bond motifs is 4. The van der Waals surface area contributed by atoms with Gasteiger partial charge < -0.3 is 0 Å². The molecule has 0 spiro atoms. The van der Waals surface area contributed by atoms with E-state index in [0.717, 1.165) is 0 Å². The summed E-state index contributed by atoms with van der Waals surface area (Å²) in [6.07, 6.45) is 0. The van der Waals surface area contributed by atoms with Crippen molar-refractivity contribution in [2.75, 3.05) is 14.7 Å². The molecule has 3 heterocycles. The van der Waals surface area contributed by atoms with Crippen molar-refractivity contribution < 1.29 is 0 Å². The van der Waals surface area contributed by atoms with E-state index in [2.05, 4.69) is 185 Å². The number of anilines is 9. The molecule has 1 atom stereocenters. The maximum absolute atomic E-state index is 2.73. The van der Waals surface area contributed by atoms with E-state index in [9.17, 15) is 0 Å². The van der Waals surface area contributed by atoms with Gasteiger partial charge in [-0.3, -0.25) is 0 Å². The molecule has 3 nitrogen and oxygen atoms in total. The van der Waals surface area contributed by atoms with Crippen molar-refractivity contribution in [3.63, 3.8) is 0 Å². The molecule has 0 saturated heterocycles. The molecule has 0 N–H and O–H groups in total. The second kappa shape index (κ2) is 9.87. The minimum atomic E-state index is -2.73. The predicted molar refractivity (Wildman–Crippen MR) is 205 cm³/mol. The van der Waals surface area contributed by atoms with Crippen LogP contribution in [0.2, 0.25) is 0 Å². The third kappa shape index (κ3) is 3.43. The number of hydrogen-bond acceptors (Lipinski definition) is 3. The molecule has 3 aliphatic rings. The van der Waals surface area contributed by atoms with Crippen molar-refractivity contribution in [3.05, 3.63) is 170 Å². The zero-order valence-corrected chi connectivity index (χ0v) is 28.5. The standard InChI is InChI=1S/C44H29GeN3/c1-4-15-30(16-5-1)46-36-22-12-24-38-41(36)45-42-37(46)23-13-25-39(42)48(32-19-8-3-9-20-32)44-34-27-26-29-14-10-11-21-33(29)35(34)28-40(43(44)45)47(38)31-17-6-2-7-18-31/h1-28,45H. The van der Waals surface area contributed by atoms with Crippen molar-refractivity contribution in [2.24, 2.45) is 0 Å². The molecule has 3 aliphatic heterocycles. The van der Waals surface area contributed by atoms with Crippen LogP contribution in [0.4, 0.5) is 51.2 Å². The first-order valence-electron chi connectivity index (χ1n) is 16.7. The Morgan fingerprint density at radius 3 is 1.38 bits per heavy atom. The van der Waals surface area contributed by atoms with Gasteiger partial charge >= 0.3 is 285 Å². The van der Waals surface area contributed by atoms with Crippen LogP contribution in [0, 0.1) is 0 Å². The van der Waals surface area contributed by atoms with Crippen LogP contribution in [0.3, 0.4) is 0 Å². The molecule has 0 saturated carbocycles. The molecule has 0 bridgehead atoms. The van der Waals surface area contributed by atoms with E-state index in [1.54, 1.807) is 13.2 Å². The Balaban J connectivity index is 1.36. The monoisotopic (exact) mass is 673 g/mol. The number of hydrogen-bond donors (Lipinski definition) is 0. The van der Waals surface area contributed by atoms with E-state index < -0.39 is 14.3 Å². The fraction of sp³-hybridized carbons (Fsp3) is 0. The van der Waals surface area contributed by atoms with Crippen LogP contribution in [0.1, 0.15) is 0 Å². The first-order chi connectivity index (χ1) is 23.9. The molecule has 11 rings (SSSR count). The van der Waals surface area contributed by atoms with Gasteiger partial charge in [-0.15, -0.1) is 0 Å². The van der Waals surface area contributed by atoms with Gasteiger partial charge in [0.2, 0.25) is 0 Å². The van der Waals surface area contributed by atoms with Crippen LogP contribution in [0.15, 0.2) is 170 Å². The summed E-state index contributed by atoms with van der Waals surface area (Å²) >= 11 is -2.73. The van der Waals surface area contributed by atoms with Gasteiger partial charge in [-0.25, -0.2) is 0 Å². The predicted octanol–water partition coefficient (Wildman–Crippen LogP) is 9.59. The van der Waals surface area contributed by atoms with Crippen molar-refractivity contribution in [3.8, 4) is 0 Å². The van der Waals surface area contributed by atoms with Gasteiger partial charge in [0.05, 0.1) is 0 Å². The second-order valence-corrected chi connectivity index (χ2v) is 18.4.